The van der Waals surface area contributed by atoms with Crippen molar-refractivity contribution in [3.63, 3.8) is 0 Å². The SMILES string of the molecule is COc1c(C)cc(C)cc1C(=O)C1CCCCN1. The number of carbonyl (C=O) groups excluding carboxylic acids is 1. The van der Waals surface area contributed by atoms with Gasteiger partial charge in [-0.2, -0.15) is 0 Å². The molecule has 1 aliphatic heterocycles. The zero-order valence-electron chi connectivity index (χ0n) is 11.4. The number of nitrogens with one attached hydrogen (secondary N) is 1. The van der Waals surface area contributed by atoms with Crippen LogP contribution in [0.25, 0.3) is 0 Å². The molecule has 98 valence electrons. The molecule has 3 heteroatoms. The minimum Gasteiger partial charge on any atom is -0.496 e. The van der Waals surface area contributed by atoms with E-state index in [1.807, 2.05) is 26.0 Å². The number of hydrogen-bond donors (Lipinski definition) is 1. The fourth-order valence-electron chi connectivity index (χ4n) is 2.67. The van der Waals surface area contributed by atoms with E-state index in [4.69, 9.17) is 4.74 Å². The zero-order valence-corrected chi connectivity index (χ0v) is 11.4. The molecular weight excluding hydrogens is 226 g/mol. The van der Waals surface area contributed by atoms with Crippen molar-refractivity contribution in [2.45, 2.75) is 39.2 Å². The smallest absolute Gasteiger partial charge is 0.183 e. The second-order valence-corrected chi connectivity index (χ2v) is 5.03. The minimum atomic E-state index is -0.0474. The molecule has 1 aromatic carbocycles. The van der Waals surface area contributed by atoms with E-state index in [-0.39, 0.29) is 11.8 Å². The van der Waals surface area contributed by atoms with E-state index in [2.05, 4.69) is 5.32 Å². The molecule has 1 saturated heterocycles. The third-order valence-corrected chi connectivity index (χ3v) is 3.52. The summed E-state index contributed by atoms with van der Waals surface area (Å²) in [6.45, 7) is 4.93. The van der Waals surface area contributed by atoms with Gasteiger partial charge in [0.1, 0.15) is 5.75 Å². The van der Waals surface area contributed by atoms with E-state index in [9.17, 15) is 4.79 Å². The van der Waals surface area contributed by atoms with Gasteiger partial charge in [0.05, 0.1) is 18.7 Å². The third-order valence-electron chi connectivity index (χ3n) is 3.52. The molecule has 1 heterocycles. The van der Waals surface area contributed by atoms with Crippen LogP contribution in [0, 0.1) is 13.8 Å². The Kier molecular flexibility index (Phi) is 4.02. The highest BCUT2D eigenvalue weighted by molar-refractivity contribution is 6.03. The normalized spacial score (nSPS) is 19.6. The first-order valence-corrected chi connectivity index (χ1v) is 6.56. The number of piperidine rings is 1. The van der Waals surface area contributed by atoms with Crippen molar-refractivity contribution in [3.05, 3.63) is 28.8 Å². The molecule has 1 aromatic rings. The summed E-state index contributed by atoms with van der Waals surface area (Å²) in [7, 11) is 1.63. The van der Waals surface area contributed by atoms with Crippen LogP contribution >= 0.6 is 0 Å². The molecule has 0 saturated carbocycles. The third kappa shape index (κ3) is 2.56. The molecule has 0 spiro atoms. The maximum absolute atomic E-state index is 12.5. The van der Waals surface area contributed by atoms with Gasteiger partial charge in [-0.05, 0) is 50.4 Å². The van der Waals surface area contributed by atoms with Crippen molar-refractivity contribution in [2.75, 3.05) is 13.7 Å². The molecule has 0 radical (unpaired) electrons. The monoisotopic (exact) mass is 247 g/mol. The van der Waals surface area contributed by atoms with Gasteiger partial charge in [0.2, 0.25) is 0 Å². The average Bonchev–Trinajstić information content (AvgIpc) is 2.38. The number of hydrogen-bond acceptors (Lipinski definition) is 3. The Balaban J connectivity index is 2.33. The summed E-state index contributed by atoms with van der Waals surface area (Å²) in [6.07, 6.45) is 3.21. The van der Waals surface area contributed by atoms with Crippen LogP contribution in [0.4, 0.5) is 0 Å². The number of Topliss-reactive ketones (excluding diaryl/α,β-unsaturated/α-hetero) is 1. The number of rotatable bonds is 3. The van der Waals surface area contributed by atoms with E-state index >= 15 is 0 Å². The van der Waals surface area contributed by atoms with Crippen LogP contribution in [-0.4, -0.2) is 25.5 Å². The van der Waals surface area contributed by atoms with E-state index in [1.165, 1.54) is 0 Å². The number of benzene rings is 1. The van der Waals surface area contributed by atoms with Crippen LogP contribution in [0.3, 0.4) is 0 Å². The fourth-order valence-corrected chi connectivity index (χ4v) is 2.67. The first kappa shape index (κ1) is 13.1. The van der Waals surface area contributed by atoms with Gasteiger partial charge >= 0.3 is 0 Å². The van der Waals surface area contributed by atoms with Gasteiger partial charge in [0, 0.05) is 0 Å². The van der Waals surface area contributed by atoms with Crippen LogP contribution in [0.2, 0.25) is 0 Å². The maximum Gasteiger partial charge on any atom is 0.183 e. The van der Waals surface area contributed by atoms with Gasteiger partial charge in [-0.25, -0.2) is 0 Å². The largest absolute Gasteiger partial charge is 0.496 e. The van der Waals surface area contributed by atoms with Crippen molar-refractivity contribution < 1.29 is 9.53 Å². The van der Waals surface area contributed by atoms with E-state index in [1.54, 1.807) is 7.11 Å². The van der Waals surface area contributed by atoms with Crippen molar-refractivity contribution in [3.8, 4) is 5.75 Å². The Morgan fingerprint density at radius 2 is 2.11 bits per heavy atom. The highest BCUT2D eigenvalue weighted by Gasteiger charge is 2.25. The van der Waals surface area contributed by atoms with Gasteiger partial charge in [-0.3, -0.25) is 4.79 Å². The van der Waals surface area contributed by atoms with Crippen LogP contribution in [0.1, 0.15) is 40.7 Å². The molecular formula is C15H21NO2. The van der Waals surface area contributed by atoms with Crippen molar-refractivity contribution in [1.82, 2.24) is 5.32 Å². The van der Waals surface area contributed by atoms with Crippen molar-refractivity contribution in [2.24, 2.45) is 0 Å². The van der Waals surface area contributed by atoms with E-state index in [0.29, 0.717) is 0 Å². The quantitative estimate of drug-likeness (QED) is 0.834. The van der Waals surface area contributed by atoms with E-state index < -0.39 is 0 Å². The Hall–Kier alpha value is -1.35. The molecule has 1 atom stereocenters. The maximum atomic E-state index is 12.5. The van der Waals surface area contributed by atoms with Crippen LogP contribution < -0.4 is 10.1 Å². The Morgan fingerprint density at radius 3 is 2.72 bits per heavy atom. The summed E-state index contributed by atoms with van der Waals surface area (Å²) in [5, 5.41) is 3.30. The molecule has 1 unspecified atom stereocenters. The number of carbonyl (C=O) groups is 1. The Bertz CT molecular complexity index is 448. The van der Waals surface area contributed by atoms with E-state index in [0.717, 1.165) is 48.2 Å². The number of ketones is 1. The summed E-state index contributed by atoms with van der Waals surface area (Å²) in [5.41, 5.74) is 2.85. The molecule has 2 rings (SSSR count). The topological polar surface area (TPSA) is 38.3 Å². The predicted molar refractivity (Wildman–Crippen MR) is 72.4 cm³/mol. The lowest BCUT2D eigenvalue weighted by Crippen LogP contribution is -2.40. The van der Waals surface area contributed by atoms with Gasteiger partial charge in [-0.1, -0.05) is 12.5 Å². The zero-order chi connectivity index (χ0) is 13.1. The molecule has 0 bridgehead atoms. The second-order valence-electron chi connectivity index (χ2n) is 5.03. The first-order valence-electron chi connectivity index (χ1n) is 6.56. The summed E-state index contributed by atoms with van der Waals surface area (Å²) in [6, 6.07) is 3.93. The summed E-state index contributed by atoms with van der Waals surface area (Å²) in [4.78, 5) is 12.5. The van der Waals surface area contributed by atoms with Crippen molar-refractivity contribution in [1.29, 1.82) is 0 Å². The van der Waals surface area contributed by atoms with Gasteiger partial charge < -0.3 is 10.1 Å². The fraction of sp³-hybridized carbons (Fsp3) is 0.533. The van der Waals surface area contributed by atoms with Crippen molar-refractivity contribution >= 4 is 5.78 Å². The number of ether oxygens (including phenoxy) is 1. The van der Waals surface area contributed by atoms with Crippen LogP contribution in [-0.2, 0) is 0 Å². The lowest BCUT2D eigenvalue weighted by molar-refractivity contribution is 0.0924. The standard InChI is InChI=1S/C15H21NO2/c1-10-8-11(2)15(18-3)12(9-10)14(17)13-6-4-5-7-16-13/h8-9,13,16H,4-7H2,1-3H3. The van der Waals surface area contributed by atoms with Gasteiger partial charge in [-0.15, -0.1) is 0 Å². The van der Waals surface area contributed by atoms with Crippen LogP contribution in [0.15, 0.2) is 12.1 Å². The lowest BCUT2D eigenvalue weighted by atomic mass is 9.93. The Labute approximate surface area is 109 Å². The molecule has 18 heavy (non-hydrogen) atoms. The minimum absolute atomic E-state index is 0.0474. The Morgan fingerprint density at radius 1 is 1.33 bits per heavy atom. The number of aryl methyl sites for hydroxylation is 2. The average molecular weight is 247 g/mol. The molecule has 0 aromatic heterocycles. The first-order chi connectivity index (χ1) is 8.63. The predicted octanol–water partition coefficient (Wildman–Crippen LogP) is 2.64. The van der Waals surface area contributed by atoms with Gasteiger partial charge in [0.15, 0.2) is 5.78 Å². The van der Waals surface area contributed by atoms with Crippen LogP contribution in [0.5, 0.6) is 5.75 Å². The highest BCUT2D eigenvalue weighted by Crippen LogP contribution is 2.27. The second kappa shape index (κ2) is 5.53. The molecule has 3 nitrogen and oxygen atoms in total. The molecule has 1 aliphatic rings. The molecule has 1 fully saturated rings. The summed E-state index contributed by atoms with van der Waals surface area (Å²) in [5.74, 6) is 0.885. The molecule has 0 aliphatic carbocycles. The highest BCUT2D eigenvalue weighted by atomic mass is 16.5. The van der Waals surface area contributed by atoms with Gasteiger partial charge in [0.25, 0.3) is 0 Å². The number of methoxy groups -OCH3 is 1. The summed E-state index contributed by atoms with van der Waals surface area (Å²) < 4.78 is 5.39. The lowest BCUT2D eigenvalue weighted by Gasteiger charge is -2.23. The molecule has 0 amide bonds. The summed E-state index contributed by atoms with van der Waals surface area (Å²) >= 11 is 0. The molecule has 1 N–H and O–H groups in total.